The van der Waals surface area contributed by atoms with E-state index >= 15 is 0 Å². The molecule has 1 amide bonds. The SMILES string of the molecule is COc1ccccc1CN1C2COCC1CC(n1nc(C(N)=O)c3ccccc31)C2. The van der Waals surface area contributed by atoms with Crippen LogP contribution in [0.25, 0.3) is 10.9 Å². The summed E-state index contributed by atoms with van der Waals surface area (Å²) in [5.74, 6) is 0.435. The number of carbonyl (C=O) groups excluding carboxylic acids is 1. The third-order valence-corrected chi connectivity index (χ3v) is 6.39. The van der Waals surface area contributed by atoms with Gasteiger partial charge in [-0.25, -0.2) is 0 Å². The molecule has 0 aliphatic carbocycles. The Bertz CT molecular complexity index is 1070. The highest BCUT2D eigenvalue weighted by molar-refractivity contribution is 6.04. The predicted octanol–water partition coefficient (Wildman–Crippen LogP) is 2.75. The maximum absolute atomic E-state index is 11.9. The standard InChI is InChI=1S/C23H26N4O3/c1-29-21-9-5-2-6-15(21)12-26-17-10-16(11-18(26)14-30-13-17)27-20-8-4-3-7-19(20)22(25-27)23(24)28/h2-9,16-18H,10-14H2,1H3,(H2,24,28). The fourth-order valence-electron chi connectivity index (χ4n) is 5.00. The van der Waals surface area contributed by atoms with Crippen LogP contribution in [0.2, 0.25) is 0 Å². The Morgan fingerprint density at radius 1 is 1.10 bits per heavy atom. The zero-order valence-electron chi connectivity index (χ0n) is 17.0. The number of piperidine rings is 1. The number of benzene rings is 2. The summed E-state index contributed by atoms with van der Waals surface area (Å²) in [7, 11) is 1.72. The smallest absolute Gasteiger partial charge is 0.269 e. The van der Waals surface area contributed by atoms with E-state index in [1.54, 1.807) is 7.11 Å². The van der Waals surface area contributed by atoms with Crippen molar-refractivity contribution in [2.24, 2.45) is 5.73 Å². The average Bonchev–Trinajstić information content (AvgIpc) is 3.14. The van der Waals surface area contributed by atoms with Crippen LogP contribution in [0.3, 0.4) is 0 Å². The van der Waals surface area contributed by atoms with Crippen molar-refractivity contribution < 1.29 is 14.3 Å². The lowest BCUT2D eigenvalue weighted by Gasteiger charge is -2.48. The van der Waals surface area contributed by atoms with Crippen molar-refractivity contribution in [2.75, 3.05) is 20.3 Å². The van der Waals surface area contributed by atoms with Gasteiger partial charge in [-0.1, -0.05) is 36.4 Å². The van der Waals surface area contributed by atoms with Gasteiger partial charge >= 0.3 is 0 Å². The van der Waals surface area contributed by atoms with E-state index in [0.717, 1.165) is 36.0 Å². The van der Waals surface area contributed by atoms with Crippen LogP contribution >= 0.6 is 0 Å². The number of hydrogen-bond acceptors (Lipinski definition) is 5. The van der Waals surface area contributed by atoms with Gasteiger partial charge in [0.15, 0.2) is 5.69 Å². The molecule has 3 aromatic rings. The molecule has 2 saturated heterocycles. The minimum atomic E-state index is -0.484. The summed E-state index contributed by atoms with van der Waals surface area (Å²) in [4.78, 5) is 14.5. The molecule has 30 heavy (non-hydrogen) atoms. The van der Waals surface area contributed by atoms with E-state index in [1.165, 1.54) is 5.56 Å². The fourth-order valence-corrected chi connectivity index (χ4v) is 5.00. The van der Waals surface area contributed by atoms with E-state index < -0.39 is 5.91 Å². The molecule has 2 bridgehead atoms. The summed E-state index contributed by atoms with van der Waals surface area (Å²) in [6.45, 7) is 2.23. The molecule has 7 heteroatoms. The van der Waals surface area contributed by atoms with Crippen LogP contribution in [-0.2, 0) is 11.3 Å². The number of ether oxygens (including phenoxy) is 2. The van der Waals surface area contributed by atoms with E-state index in [9.17, 15) is 4.79 Å². The molecule has 0 saturated carbocycles. The molecule has 0 spiro atoms. The number of para-hydroxylation sites is 2. The largest absolute Gasteiger partial charge is 0.496 e. The second-order valence-corrected chi connectivity index (χ2v) is 8.13. The number of carbonyl (C=O) groups is 1. The number of amides is 1. The van der Waals surface area contributed by atoms with Crippen molar-refractivity contribution >= 4 is 16.8 Å². The minimum absolute atomic E-state index is 0.204. The van der Waals surface area contributed by atoms with Crippen LogP contribution in [0.15, 0.2) is 48.5 Å². The Labute approximate surface area is 175 Å². The third kappa shape index (κ3) is 3.24. The van der Waals surface area contributed by atoms with Gasteiger partial charge in [-0.2, -0.15) is 5.10 Å². The summed E-state index contributed by atoms with van der Waals surface area (Å²) < 4.78 is 13.5. The number of rotatable bonds is 5. The van der Waals surface area contributed by atoms with Gasteiger partial charge < -0.3 is 15.2 Å². The van der Waals surface area contributed by atoms with Crippen molar-refractivity contribution in [1.29, 1.82) is 0 Å². The van der Waals surface area contributed by atoms with Crippen molar-refractivity contribution in [3.63, 3.8) is 0 Å². The number of nitrogens with zero attached hydrogens (tertiary/aromatic N) is 3. The van der Waals surface area contributed by atoms with E-state index in [1.807, 2.05) is 41.1 Å². The van der Waals surface area contributed by atoms with Crippen LogP contribution in [-0.4, -0.2) is 53.0 Å². The molecule has 5 rings (SSSR count). The van der Waals surface area contributed by atoms with Crippen molar-refractivity contribution in [3.8, 4) is 5.75 Å². The zero-order chi connectivity index (χ0) is 20.7. The van der Waals surface area contributed by atoms with E-state index in [0.29, 0.717) is 18.9 Å². The highest BCUT2D eigenvalue weighted by atomic mass is 16.5. The number of hydrogen-bond donors (Lipinski definition) is 1. The molecule has 2 atom stereocenters. The van der Waals surface area contributed by atoms with Gasteiger partial charge in [0.2, 0.25) is 0 Å². The number of primary amides is 1. The molecule has 156 valence electrons. The van der Waals surface area contributed by atoms with E-state index in [2.05, 4.69) is 22.1 Å². The number of methoxy groups -OCH3 is 1. The summed E-state index contributed by atoms with van der Waals surface area (Å²) in [6.07, 6.45) is 1.82. The van der Waals surface area contributed by atoms with E-state index in [-0.39, 0.29) is 18.1 Å². The Balaban J connectivity index is 1.44. The Kier molecular flexibility index (Phi) is 4.92. The quantitative estimate of drug-likeness (QED) is 0.705. The summed E-state index contributed by atoms with van der Waals surface area (Å²) >= 11 is 0. The predicted molar refractivity (Wildman–Crippen MR) is 113 cm³/mol. The number of aromatic nitrogens is 2. The minimum Gasteiger partial charge on any atom is -0.496 e. The second kappa shape index (κ2) is 7.74. The number of nitrogens with two attached hydrogens (primary N) is 1. The van der Waals surface area contributed by atoms with Gasteiger partial charge in [-0.3, -0.25) is 14.4 Å². The number of morpholine rings is 1. The fraction of sp³-hybridized carbons (Fsp3) is 0.391. The highest BCUT2D eigenvalue weighted by Gasteiger charge is 2.40. The topological polar surface area (TPSA) is 82.6 Å². The van der Waals surface area contributed by atoms with Crippen LogP contribution in [0.4, 0.5) is 0 Å². The first-order chi connectivity index (χ1) is 14.7. The van der Waals surface area contributed by atoms with Crippen LogP contribution < -0.4 is 10.5 Å². The third-order valence-electron chi connectivity index (χ3n) is 6.39. The first kappa shape index (κ1) is 19.1. The summed E-state index contributed by atoms with van der Waals surface area (Å²) in [5.41, 5.74) is 8.10. The van der Waals surface area contributed by atoms with Crippen molar-refractivity contribution in [1.82, 2.24) is 14.7 Å². The van der Waals surface area contributed by atoms with Crippen molar-refractivity contribution in [3.05, 3.63) is 59.8 Å². The molecule has 2 fully saturated rings. The lowest BCUT2D eigenvalue weighted by Crippen LogP contribution is -2.56. The maximum Gasteiger partial charge on any atom is 0.269 e. The molecule has 2 aliphatic heterocycles. The molecule has 7 nitrogen and oxygen atoms in total. The van der Waals surface area contributed by atoms with Crippen molar-refractivity contribution in [2.45, 2.75) is 37.5 Å². The lowest BCUT2D eigenvalue weighted by atomic mass is 9.89. The first-order valence-corrected chi connectivity index (χ1v) is 10.4. The molecular weight excluding hydrogens is 380 g/mol. The van der Waals surface area contributed by atoms with Crippen LogP contribution in [0.5, 0.6) is 5.75 Å². The Morgan fingerprint density at radius 2 is 1.80 bits per heavy atom. The Hall–Kier alpha value is -2.90. The second-order valence-electron chi connectivity index (χ2n) is 8.13. The average molecular weight is 406 g/mol. The summed E-state index contributed by atoms with van der Waals surface area (Å²) in [6, 6.07) is 16.8. The van der Waals surface area contributed by atoms with Gasteiger partial charge in [0.1, 0.15) is 5.75 Å². The highest BCUT2D eigenvalue weighted by Crippen LogP contribution is 2.38. The first-order valence-electron chi connectivity index (χ1n) is 10.4. The Morgan fingerprint density at radius 3 is 2.53 bits per heavy atom. The monoisotopic (exact) mass is 406 g/mol. The van der Waals surface area contributed by atoms with Gasteiger partial charge in [-0.15, -0.1) is 0 Å². The van der Waals surface area contributed by atoms with Gasteiger partial charge in [0.25, 0.3) is 5.91 Å². The normalized spacial score (nSPS) is 24.1. The van der Waals surface area contributed by atoms with Crippen LogP contribution in [0, 0.1) is 0 Å². The zero-order valence-corrected chi connectivity index (χ0v) is 17.0. The van der Waals surface area contributed by atoms with Gasteiger partial charge in [-0.05, 0) is 25.0 Å². The summed E-state index contributed by atoms with van der Waals surface area (Å²) in [5, 5.41) is 5.46. The van der Waals surface area contributed by atoms with Gasteiger partial charge in [0.05, 0.1) is 31.9 Å². The molecule has 3 heterocycles. The molecular formula is C23H26N4O3. The maximum atomic E-state index is 11.9. The molecule has 0 radical (unpaired) electrons. The molecule has 2 aromatic carbocycles. The molecule has 2 unspecified atom stereocenters. The molecule has 2 aliphatic rings. The molecule has 1 aromatic heterocycles. The lowest BCUT2D eigenvalue weighted by molar-refractivity contribution is -0.0903. The number of fused-ring (bicyclic) bond motifs is 3. The van der Waals surface area contributed by atoms with E-state index in [4.69, 9.17) is 15.2 Å². The molecule has 2 N–H and O–H groups in total. The van der Waals surface area contributed by atoms with Gasteiger partial charge in [0, 0.05) is 29.6 Å². The van der Waals surface area contributed by atoms with Crippen LogP contribution in [0.1, 0.15) is 34.9 Å².